The van der Waals surface area contributed by atoms with E-state index in [1.54, 1.807) is 24.3 Å². The Morgan fingerprint density at radius 1 is 0.625 bits per heavy atom. The summed E-state index contributed by atoms with van der Waals surface area (Å²) in [4.78, 5) is 6.81. The molecule has 0 spiro atoms. The van der Waals surface area contributed by atoms with Crippen molar-refractivity contribution in [2.45, 2.75) is 42.4 Å². The van der Waals surface area contributed by atoms with Crippen LogP contribution in [0.4, 0.5) is 37.7 Å². The lowest BCUT2D eigenvalue weighted by atomic mass is 10.0. The van der Waals surface area contributed by atoms with E-state index in [0.29, 0.717) is 28.8 Å². The fourth-order valence-electron chi connectivity index (χ4n) is 6.36. The van der Waals surface area contributed by atoms with Crippen molar-refractivity contribution in [1.82, 2.24) is 9.97 Å². The van der Waals surface area contributed by atoms with Crippen molar-refractivity contribution in [3.63, 3.8) is 0 Å². The van der Waals surface area contributed by atoms with E-state index in [1.807, 2.05) is 24.3 Å². The molecule has 10 nitrogen and oxygen atoms in total. The molecule has 0 amide bonds. The molecular weight excluding hydrogens is 949 g/mol. The van der Waals surface area contributed by atoms with Gasteiger partial charge in [0, 0.05) is 53.0 Å². The number of benzene rings is 4. The predicted octanol–water partition coefficient (Wildman–Crippen LogP) is 11.6. The Balaban J connectivity index is 0.000000199. The number of nitriles is 2. The maximum absolute atomic E-state index is 13.1. The number of anilines is 2. The van der Waals surface area contributed by atoms with Crippen molar-refractivity contribution in [3.05, 3.63) is 153 Å². The Bertz CT molecular complexity index is 3020. The first-order valence-electron chi connectivity index (χ1n) is 18.0. The average Bonchev–Trinajstić information content (AvgIpc) is 3.91. The van der Waals surface area contributed by atoms with E-state index in [1.165, 1.54) is 58.5 Å². The molecule has 332 valence electrons. The summed E-state index contributed by atoms with van der Waals surface area (Å²) < 4.78 is 125. The molecule has 0 saturated heterocycles. The van der Waals surface area contributed by atoms with Crippen LogP contribution in [0.15, 0.2) is 119 Å². The van der Waals surface area contributed by atoms with Gasteiger partial charge in [0.2, 0.25) is 0 Å². The number of sulfonamides is 1. The van der Waals surface area contributed by atoms with Crippen LogP contribution in [0, 0.1) is 22.7 Å². The first-order valence-corrected chi connectivity index (χ1v) is 22.5. The summed E-state index contributed by atoms with van der Waals surface area (Å²) in [6, 6.07) is 26.9. The number of fused-ring (bicyclic) bond motifs is 2. The first-order chi connectivity index (χ1) is 29.6. The second kappa shape index (κ2) is 19.5. The third-order valence-electron chi connectivity index (χ3n) is 9.51. The molecule has 0 bridgehead atoms. The van der Waals surface area contributed by atoms with Gasteiger partial charge in [-0.15, -0.1) is 0 Å². The van der Waals surface area contributed by atoms with Crippen LogP contribution >= 0.6 is 33.9 Å². The van der Waals surface area contributed by atoms with Gasteiger partial charge in [0.1, 0.15) is 23.5 Å². The van der Waals surface area contributed by atoms with E-state index < -0.39 is 42.8 Å². The fourth-order valence-corrected chi connectivity index (χ4v) is 9.24. The lowest BCUT2D eigenvalue weighted by Crippen LogP contribution is -2.29. The highest BCUT2D eigenvalue weighted by atomic mass is 35.7. The molecule has 2 aliphatic rings. The van der Waals surface area contributed by atoms with E-state index in [0.717, 1.165) is 54.2 Å². The second-order valence-corrected chi connectivity index (χ2v) is 18.8. The highest BCUT2D eigenvalue weighted by Gasteiger charge is 2.34. The summed E-state index contributed by atoms with van der Waals surface area (Å²) in [5, 5.41) is 20.8. The van der Waals surface area contributed by atoms with Crippen LogP contribution in [-0.4, -0.2) is 39.9 Å². The molecule has 2 aliphatic heterocycles. The third-order valence-corrected chi connectivity index (χ3v) is 13.3. The van der Waals surface area contributed by atoms with Crippen molar-refractivity contribution < 1.29 is 43.2 Å². The largest absolute Gasteiger partial charge is 0.433 e. The molecule has 0 fully saturated rings. The van der Waals surface area contributed by atoms with E-state index in [4.69, 9.17) is 44.4 Å². The van der Waals surface area contributed by atoms with Crippen molar-refractivity contribution in [2.75, 3.05) is 22.7 Å². The second-order valence-electron chi connectivity index (χ2n) is 13.5. The number of nitrogens with one attached hydrogen (secondary N) is 1. The van der Waals surface area contributed by atoms with Crippen molar-refractivity contribution in [1.29, 1.82) is 10.5 Å². The number of pyridine rings is 2. The van der Waals surface area contributed by atoms with Crippen molar-refractivity contribution >= 4 is 64.3 Å². The molecule has 4 aromatic carbocycles. The highest BCUT2D eigenvalue weighted by Crippen LogP contribution is 2.37. The van der Waals surface area contributed by atoms with Crippen LogP contribution in [-0.2, 0) is 44.3 Å². The van der Waals surface area contributed by atoms with Gasteiger partial charge in [-0.1, -0.05) is 54.9 Å². The smallest absolute Gasteiger partial charge is 0.384 e. The van der Waals surface area contributed by atoms with Gasteiger partial charge >= 0.3 is 12.4 Å². The molecule has 0 unspecified atom stereocenters. The molecule has 0 radical (unpaired) electrons. The van der Waals surface area contributed by atoms with Crippen LogP contribution < -0.4 is 9.62 Å². The monoisotopic (exact) mass is 978 g/mol. The Labute approximate surface area is 378 Å². The van der Waals surface area contributed by atoms with Crippen LogP contribution in [0.25, 0.3) is 22.3 Å². The van der Waals surface area contributed by atoms with Gasteiger partial charge in [0.15, 0.2) is 0 Å². The number of halogens is 9. The fraction of sp³-hybridized carbons (Fsp3) is 0.163. The number of nitrogens with zero attached hydrogens (tertiary/aromatic N) is 5. The van der Waals surface area contributed by atoms with Gasteiger partial charge in [-0.25, -0.2) is 16.8 Å². The van der Waals surface area contributed by atoms with Gasteiger partial charge < -0.3 is 5.32 Å². The van der Waals surface area contributed by atoms with E-state index in [2.05, 4.69) is 15.3 Å². The summed E-state index contributed by atoms with van der Waals surface area (Å²) in [7, 11) is -2.61. The minimum Gasteiger partial charge on any atom is -0.384 e. The topological polar surface area (TPSA) is 157 Å². The average molecular weight is 980 g/mol. The Kier molecular flexibility index (Phi) is 14.9. The van der Waals surface area contributed by atoms with Gasteiger partial charge in [-0.05, 0) is 108 Å². The van der Waals surface area contributed by atoms with Gasteiger partial charge in [0.05, 0.1) is 36.7 Å². The van der Waals surface area contributed by atoms with Gasteiger partial charge in [-0.3, -0.25) is 14.3 Å². The molecule has 6 aromatic rings. The summed E-state index contributed by atoms with van der Waals surface area (Å²) >= 11 is 11.6. The van der Waals surface area contributed by atoms with E-state index in [9.17, 15) is 43.2 Å². The maximum Gasteiger partial charge on any atom is 0.433 e. The lowest BCUT2D eigenvalue weighted by molar-refractivity contribution is -0.141. The standard InChI is InChI=1S/C21H13ClF3N3O2S.C14H11F3N2.C7H3Cl2NO2S.CH4/c22-18-10-17(4-1-15(18)11-26)31(29,30)28-8-7-14-9-13(2-5-19(14)28)16-3-6-20(27-12-16)21(23,24)25;15-14(16,17)13-4-2-11(8-19-13)9-1-3-12-10(7-9)5-6-18-12;8-7-3-6(13(9,11)12)2-1-5(7)4-10;/h1-6,9-10,12H,7-8H2;1-4,7-8,18H,5-6H2;1-3H;1H4. The van der Waals surface area contributed by atoms with E-state index >= 15 is 0 Å². The third kappa shape index (κ3) is 11.2. The lowest BCUT2D eigenvalue weighted by Gasteiger charge is -2.20. The molecule has 4 heterocycles. The SMILES string of the molecule is C.FC(F)(F)c1ccc(-c2ccc3c(c2)CCN3)cn1.N#Cc1ccc(S(=O)(=O)Cl)cc1Cl.N#Cc1ccc(S(=O)(=O)N2CCc3cc(-c4ccc(C(F)(F)F)nc4)ccc32)cc1Cl. The summed E-state index contributed by atoms with van der Waals surface area (Å²) in [5.74, 6) is 0. The molecule has 0 saturated carbocycles. The number of hydrogen-bond donors (Lipinski definition) is 1. The van der Waals surface area contributed by atoms with Crippen LogP contribution in [0.1, 0.15) is 41.1 Å². The number of aromatic nitrogens is 2. The predicted molar refractivity (Wildman–Crippen MR) is 232 cm³/mol. The van der Waals surface area contributed by atoms with Crippen molar-refractivity contribution in [2.24, 2.45) is 0 Å². The summed E-state index contributed by atoms with van der Waals surface area (Å²) in [5.41, 5.74) is 4.81. The maximum atomic E-state index is 13.1. The molecule has 0 aliphatic carbocycles. The van der Waals surface area contributed by atoms with Gasteiger partial charge in [0.25, 0.3) is 19.1 Å². The van der Waals surface area contributed by atoms with Crippen LogP contribution in [0.2, 0.25) is 10.0 Å². The minimum absolute atomic E-state index is 0. The number of rotatable bonds is 5. The highest BCUT2D eigenvalue weighted by molar-refractivity contribution is 8.13. The Hall–Kier alpha value is -5.89. The first kappa shape index (κ1) is 49.1. The number of hydrogen-bond acceptors (Lipinski definition) is 9. The zero-order valence-corrected chi connectivity index (χ0v) is 35.7. The molecule has 0 atom stereocenters. The van der Waals surface area contributed by atoms with Crippen LogP contribution in [0.3, 0.4) is 0 Å². The molecular formula is C43H31Cl3F6N6O4S2. The molecule has 1 N–H and O–H groups in total. The molecule has 8 rings (SSSR count). The quantitative estimate of drug-likeness (QED) is 0.131. The molecule has 21 heteroatoms. The molecule has 2 aromatic heterocycles. The number of alkyl halides is 6. The van der Waals surface area contributed by atoms with Crippen molar-refractivity contribution in [3.8, 4) is 34.4 Å². The Morgan fingerprint density at radius 3 is 1.58 bits per heavy atom. The Morgan fingerprint density at radius 2 is 1.11 bits per heavy atom. The summed E-state index contributed by atoms with van der Waals surface area (Å²) in [6.45, 7) is 1.12. The normalized spacial score (nSPS) is 13.0. The zero-order valence-electron chi connectivity index (χ0n) is 31.8. The van der Waals surface area contributed by atoms with E-state index in [-0.39, 0.29) is 44.9 Å². The van der Waals surface area contributed by atoms with Crippen LogP contribution in [0.5, 0.6) is 0 Å². The van der Waals surface area contributed by atoms with Gasteiger partial charge in [-0.2, -0.15) is 36.9 Å². The molecule has 64 heavy (non-hydrogen) atoms. The zero-order chi connectivity index (χ0) is 45.9. The summed E-state index contributed by atoms with van der Waals surface area (Å²) in [6.07, 6.45) is -5.10. The minimum atomic E-state index is -4.51.